The molecule has 21 heavy (non-hydrogen) atoms. The Morgan fingerprint density at radius 1 is 1.29 bits per heavy atom. The fourth-order valence-electron chi connectivity index (χ4n) is 1.86. The number of aliphatic carboxylic acids is 1. The highest BCUT2D eigenvalue weighted by molar-refractivity contribution is 5.98. The lowest BCUT2D eigenvalue weighted by molar-refractivity contribution is -0.136. The Morgan fingerprint density at radius 3 is 2.67 bits per heavy atom. The van der Waals surface area contributed by atoms with Crippen molar-refractivity contribution in [3.8, 4) is 5.75 Å². The number of benzene rings is 1. The number of aromatic carboxylic acids is 1. The van der Waals surface area contributed by atoms with Gasteiger partial charge in [0.05, 0.1) is 19.0 Å². The van der Waals surface area contributed by atoms with Crippen LogP contribution >= 0.6 is 0 Å². The van der Waals surface area contributed by atoms with Gasteiger partial charge in [-0.25, -0.2) is 9.78 Å². The number of carboxylic acids is 2. The maximum absolute atomic E-state index is 11.3. The van der Waals surface area contributed by atoms with Crippen LogP contribution in [0.15, 0.2) is 24.3 Å². The molecule has 110 valence electrons. The van der Waals surface area contributed by atoms with Gasteiger partial charge in [-0.2, -0.15) is 0 Å². The number of fused-ring (bicyclic) bond motifs is 1. The Bertz CT molecular complexity index is 699. The van der Waals surface area contributed by atoms with Crippen LogP contribution < -0.4 is 10.1 Å². The average Bonchev–Trinajstić information content (AvgIpc) is 2.45. The lowest BCUT2D eigenvalue weighted by atomic mass is 10.1. The molecule has 2 rings (SSSR count). The molecule has 1 heterocycles. The van der Waals surface area contributed by atoms with E-state index in [9.17, 15) is 14.7 Å². The number of methoxy groups -OCH3 is 1. The van der Waals surface area contributed by atoms with Crippen LogP contribution in [0.4, 0.5) is 5.82 Å². The molecular weight excluding hydrogens is 276 g/mol. The van der Waals surface area contributed by atoms with Crippen molar-refractivity contribution in [1.82, 2.24) is 4.98 Å². The summed E-state index contributed by atoms with van der Waals surface area (Å²) < 4.78 is 5.10. The van der Waals surface area contributed by atoms with E-state index in [4.69, 9.17) is 9.84 Å². The second-order valence-electron chi connectivity index (χ2n) is 4.32. The highest BCUT2D eigenvalue weighted by atomic mass is 16.5. The SMILES string of the molecule is COc1ccc2cc(C(=O)O)c(NCCC(=O)O)nc2c1. The number of nitrogens with zero attached hydrogens (tertiary/aromatic N) is 1. The number of hydrogen-bond donors (Lipinski definition) is 3. The van der Waals surface area contributed by atoms with Crippen LogP contribution in [-0.4, -0.2) is 40.8 Å². The van der Waals surface area contributed by atoms with E-state index in [1.165, 1.54) is 13.2 Å². The van der Waals surface area contributed by atoms with Crippen molar-refractivity contribution in [2.24, 2.45) is 0 Å². The molecule has 0 atom stereocenters. The molecule has 0 spiro atoms. The smallest absolute Gasteiger partial charge is 0.339 e. The van der Waals surface area contributed by atoms with Gasteiger partial charge in [0.2, 0.25) is 0 Å². The summed E-state index contributed by atoms with van der Waals surface area (Å²) in [5.41, 5.74) is 0.565. The first-order valence-corrected chi connectivity index (χ1v) is 6.19. The normalized spacial score (nSPS) is 10.3. The fourth-order valence-corrected chi connectivity index (χ4v) is 1.86. The van der Waals surface area contributed by atoms with Gasteiger partial charge in [0.25, 0.3) is 0 Å². The molecule has 7 heteroatoms. The van der Waals surface area contributed by atoms with E-state index >= 15 is 0 Å². The van der Waals surface area contributed by atoms with Crippen LogP contribution in [0.5, 0.6) is 5.75 Å². The van der Waals surface area contributed by atoms with Crippen molar-refractivity contribution < 1.29 is 24.5 Å². The third-order valence-corrected chi connectivity index (χ3v) is 2.89. The first kappa shape index (κ1) is 14.6. The van der Waals surface area contributed by atoms with Gasteiger partial charge in [-0.05, 0) is 18.2 Å². The number of carboxylic acid groups (broad SMARTS) is 2. The molecule has 1 aromatic heterocycles. The number of hydrogen-bond acceptors (Lipinski definition) is 5. The molecule has 0 aliphatic heterocycles. The average molecular weight is 290 g/mol. The zero-order valence-corrected chi connectivity index (χ0v) is 11.3. The van der Waals surface area contributed by atoms with E-state index in [0.29, 0.717) is 16.7 Å². The number of nitrogens with one attached hydrogen (secondary N) is 1. The lowest BCUT2D eigenvalue weighted by Crippen LogP contribution is -2.12. The Labute approximate surface area is 120 Å². The van der Waals surface area contributed by atoms with Crippen molar-refractivity contribution in [2.45, 2.75) is 6.42 Å². The van der Waals surface area contributed by atoms with Crippen LogP contribution in [0.3, 0.4) is 0 Å². The molecule has 0 aliphatic rings. The molecule has 0 saturated carbocycles. The quantitative estimate of drug-likeness (QED) is 0.744. The number of rotatable bonds is 6. The van der Waals surface area contributed by atoms with E-state index in [1.807, 2.05) is 0 Å². The second-order valence-corrected chi connectivity index (χ2v) is 4.32. The zero-order chi connectivity index (χ0) is 15.4. The molecule has 0 saturated heterocycles. The molecule has 0 fully saturated rings. The van der Waals surface area contributed by atoms with Gasteiger partial charge in [-0.1, -0.05) is 0 Å². The standard InChI is InChI=1S/C14H14N2O5/c1-21-9-3-2-8-6-10(14(19)20)13(16-11(8)7-9)15-5-4-12(17)18/h2-3,6-7H,4-5H2,1H3,(H,15,16)(H,17,18)(H,19,20). The van der Waals surface area contributed by atoms with Crippen LogP contribution in [0.1, 0.15) is 16.8 Å². The van der Waals surface area contributed by atoms with Crippen molar-refractivity contribution in [1.29, 1.82) is 0 Å². The van der Waals surface area contributed by atoms with Crippen LogP contribution in [0.25, 0.3) is 10.9 Å². The number of anilines is 1. The number of aromatic nitrogens is 1. The maximum atomic E-state index is 11.3. The van der Waals surface area contributed by atoms with Crippen molar-refractivity contribution in [3.63, 3.8) is 0 Å². The minimum atomic E-state index is -1.13. The topological polar surface area (TPSA) is 109 Å². The maximum Gasteiger partial charge on any atom is 0.339 e. The summed E-state index contributed by atoms with van der Waals surface area (Å²) in [7, 11) is 1.53. The Hall–Kier alpha value is -2.83. The minimum Gasteiger partial charge on any atom is -0.497 e. The first-order chi connectivity index (χ1) is 10.0. The lowest BCUT2D eigenvalue weighted by Gasteiger charge is -2.10. The number of carbonyl (C=O) groups is 2. The van der Waals surface area contributed by atoms with Gasteiger partial charge in [0, 0.05) is 18.0 Å². The summed E-state index contributed by atoms with van der Waals surface area (Å²) in [6.45, 7) is 0.0953. The summed E-state index contributed by atoms with van der Waals surface area (Å²) in [6, 6.07) is 6.61. The molecule has 2 aromatic rings. The summed E-state index contributed by atoms with van der Waals surface area (Å²) in [5.74, 6) is -1.35. The molecule has 0 bridgehead atoms. The molecule has 0 unspecified atom stereocenters. The van der Waals surface area contributed by atoms with Gasteiger partial charge < -0.3 is 20.3 Å². The highest BCUT2D eigenvalue weighted by Crippen LogP contribution is 2.24. The van der Waals surface area contributed by atoms with E-state index < -0.39 is 11.9 Å². The predicted octanol–water partition coefficient (Wildman–Crippen LogP) is 1.83. The van der Waals surface area contributed by atoms with Gasteiger partial charge in [0.15, 0.2) is 0 Å². The van der Waals surface area contributed by atoms with Crippen molar-refractivity contribution >= 4 is 28.7 Å². The summed E-state index contributed by atoms with van der Waals surface area (Å²) in [4.78, 5) is 26.0. The molecule has 0 radical (unpaired) electrons. The van der Waals surface area contributed by atoms with Gasteiger partial charge >= 0.3 is 11.9 Å². The van der Waals surface area contributed by atoms with Crippen LogP contribution in [-0.2, 0) is 4.79 Å². The molecule has 7 nitrogen and oxygen atoms in total. The zero-order valence-electron chi connectivity index (χ0n) is 11.3. The fraction of sp³-hybridized carbons (Fsp3) is 0.214. The van der Waals surface area contributed by atoms with E-state index in [2.05, 4.69) is 10.3 Å². The Morgan fingerprint density at radius 2 is 2.05 bits per heavy atom. The van der Waals surface area contributed by atoms with Crippen molar-refractivity contribution in [2.75, 3.05) is 19.0 Å². The van der Waals surface area contributed by atoms with Gasteiger partial charge in [-0.3, -0.25) is 4.79 Å². The van der Waals surface area contributed by atoms with E-state index in [-0.39, 0.29) is 24.3 Å². The summed E-state index contributed by atoms with van der Waals surface area (Å²) >= 11 is 0. The van der Waals surface area contributed by atoms with Crippen LogP contribution in [0.2, 0.25) is 0 Å². The minimum absolute atomic E-state index is 0.00180. The first-order valence-electron chi connectivity index (χ1n) is 6.19. The Kier molecular flexibility index (Phi) is 4.22. The van der Waals surface area contributed by atoms with Gasteiger partial charge in [0.1, 0.15) is 17.1 Å². The largest absolute Gasteiger partial charge is 0.497 e. The predicted molar refractivity (Wildman–Crippen MR) is 76.0 cm³/mol. The number of ether oxygens (including phenoxy) is 1. The van der Waals surface area contributed by atoms with E-state index in [0.717, 1.165) is 0 Å². The van der Waals surface area contributed by atoms with E-state index in [1.54, 1.807) is 18.2 Å². The monoisotopic (exact) mass is 290 g/mol. The number of pyridine rings is 1. The third-order valence-electron chi connectivity index (χ3n) is 2.89. The molecule has 1 aromatic carbocycles. The van der Waals surface area contributed by atoms with Gasteiger partial charge in [-0.15, -0.1) is 0 Å². The summed E-state index contributed by atoms with van der Waals surface area (Å²) in [6.07, 6.45) is -0.128. The van der Waals surface area contributed by atoms with Crippen molar-refractivity contribution in [3.05, 3.63) is 29.8 Å². The second kappa shape index (κ2) is 6.08. The summed E-state index contributed by atoms with van der Waals surface area (Å²) in [5, 5.41) is 21.2. The molecule has 0 aliphatic carbocycles. The van der Waals surface area contributed by atoms with Crippen LogP contribution in [0, 0.1) is 0 Å². The Balaban J connectivity index is 2.41. The highest BCUT2D eigenvalue weighted by Gasteiger charge is 2.14. The molecule has 0 amide bonds. The third kappa shape index (κ3) is 3.38. The molecule has 3 N–H and O–H groups in total. The molecular formula is C14H14N2O5.